The molecule has 308 valence electrons. The Balaban J connectivity index is 0.912. The summed E-state index contributed by atoms with van der Waals surface area (Å²) >= 11 is 0. The molecular weight excluding hydrogens is 801 g/mol. The average molecular weight is 841 g/mol. The Bertz CT molecular complexity index is 3890. The van der Waals surface area contributed by atoms with E-state index in [1.807, 2.05) is 12.1 Å². The molecule has 0 fully saturated rings. The zero-order chi connectivity index (χ0) is 43.6. The first-order chi connectivity index (χ1) is 32.7. The highest BCUT2D eigenvalue weighted by molar-refractivity contribution is 6.12. The maximum atomic E-state index is 5.10. The van der Waals surface area contributed by atoms with E-state index in [1.165, 1.54) is 54.5 Å². The second kappa shape index (κ2) is 15.4. The highest BCUT2D eigenvalue weighted by Crippen LogP contribution is 2.39. The summed E-state index contributed by atoms with van der Waals surface area (Å²) in [6.07, 6.45) is 0. The van der Waals surface area contributed by atoms with Crippen molar-refractivity contribution >= 4 is 54.4 Å². The maximum Gasteiger partial charge on any atom is 0.160 e. The van der Waals surface area contributed by atoms with Crippen molar-refractivity contribution < 1.29 is 0 Å². The number of benzene rings is 10. The molecule has 0 saturated carbocycles. The average Bonchev–Trinajstić information content (AvgIpc) is 3.91. The molecule has 13 aromatic rings. The summed E-state index contributed by atoms with van der Waals surface area (Å²) < 4.78 is 4.81. The van der Waals surface area contributed by atoms with Crippen molar-refractivity contribution in [2.75, 3.05) is 0 Å². The van der Waals surface area contributed by atoms with Gasteiger partial charge in [0.2, 0.25) is 0 Å². The van der Waals surface area contributed by atoms with E-state index in [9.17, 15) is 0 Å². The molecule has 0 atom stereocenters. The Kier molecular flexibility index (Phi) is 8.81. The van der Waals surface area contributed by atoms with Crippen LogP contribution in [0.5, 0.6) is 0 Å². The summed E-state index contributed by atoms with van der Waals surface area (Å²) in [4.78, 5) is 10.2. The van der Waals surface area contributed by atoms with E-state index < -0.39 is 0 Å². The Hall–Kier alpha value is -8.86. The van der Waals surface area contributed by atoms with Gasteiger partial charge in [-0.2, -0.15) is 0 Å². The number of fused-ring (bicyclic) bond motifs is 7. The first kappa shape index (κ1) is 37.7. The molecule has 0 saturated heterocycles. The molecular formula is C62H40N4. The van der Waals surface area contributed by atoms with Crippen molar-refractivity contribution in [3.8, 4) is 67.5 Å². The van der Waals surface area contributed by atoms with Gasteiger partial charge >= 0.3 is 0 Å². The standard InChI is InChI=1S/C62H40N4/c1-3-15-43(16-4-1)56-40-57(44-17-5-2-6-18-44)64-62(63-56)45-28-34-49(35-29-45)66-59-25-12-10-22-53(59)55-37-31-47(39-61(55)66)46-30-36-54-52-21-9-11-24-58(52)65(60(54)38-46)48-32-26-42(27-33-48)51-23-13-19-41-14-7-8-20-50(41)51/h1-40H. The molecule has 0 bridgehead atoms. The van der Waals surface area contributed by atoms with Crippen LogP contribution in [-0.2, 0) is 0 Å². The summed E-state index contributed by atoms with van der Waals surface area (Å²) in [5.41, 5.74) is 16.5. The lowest BCUT2D eigenvalue weighted by Crippen LogP contribution is -1.97. The fraction of sp³-hybridized carbons (Fsp3) is 0. The second-order valence-corrected chi connectivity index (χ2v) is 17.0. The van der Waals surface area contributed by atoms with Crippen molar-refractivity contribution in [3.05, 3.63) is 243 Å². The predicted octanol–water partition coefficient (Wildman–Crippen LogP) is 16.2. The van der Waals surface area contributed by atoms with Gasteiger partial charge in [0.05, 0.1) is 33.5 Å². The molecule has 3 aromatic heterocycles. The van der Waals surface area contributed by atoms with Crippen LogP contribution in [0, 0.1) is 0 Å². The number of para-hydroxylation sites is 2. The third kappa shape index (κ3) is 6.30. The molecule has 4 nitrogen and oxygen atoms in total. The van der Waals surface area contributed by atoms with Crippen LogP contribution < -0.4 is 0 Å². The number of hydrogen-bond acceptors (Lipinski definition) is 2. The monoisotopic (exact) mass is 840 g/mol. The van der Waals surface area contributed by atoms with E-state index in [1.54, 1.807) is 0 Å². The molecule has 0 amide bonds. The fourth-order valence-corrected chi connectivity index (χ4v) is 9.97. The normalized spacial score (nSPS) is 11.6. The SMILES string of the molecule is c1ccc(-c2cc(-c3ccccc3)nc(-c3ccc(-n4c5ccccc5c5ccc(-c6ccc7c8ccccc8n(-c8ccc(-c9cccc%10ccccc9%10)cc8)c7c6)cc54)cc3)n2)cc1. The minimum Gasteiger partial charge on any atom is -0.309 e. The molecule has 13 rings (SSSR count). The Labute approximate surface area is 382 Å². The van der Waals surface area contributed by atoms with E-state index in [4.69, 9.17) is 9.97 Å². The summed E-state index contributed by atoms with van der Waals surface area (Å²) in [6.45, 7) is 0. The predicted molar refractivity (Wildman–Crippen MR) is 275 cm³/mol. The maximum absolute atomic E-state index is 5.10. The van der Waals surface area contributed by atoms with E-state index in [2.05, 4.69) is 240 Å². The van der Waals surface area contributed by atoms with Crippen LogP contribution in [0.2, 0.25) is 0 Å². The molecule has 0 aliphatic heterocycles. The molecule has 4 heteroatoms. The van der Waals surface area contributed by atoms with Crippen LogP contribution in [0.4, 0.5) is 0 Å². The topological polar surface area (TPSA) is 35.6 Å². The summed E-state index contributed by atoms with van der Waals surface area (Å²) in [5, 5.41) is 7.42. The van der Waals surface area contributed by atoms with Crippen LogP contribution in [-0.4, -0.2) is 19.1 Å². The van der Waals surface area contributed by atoms with Gasteiger partial charge in [0.15, 0.2) is 5.82 Å². The van der Waals surface area contributed by atoms with Gasteiger partial charge in [0, 0.05) is 49.6 Å². The van der Waals surface area contributed by atoms with Crippen LogP contribution in [0.1, 0.15) is 0 Å². The molecule has 0 unspecified atom stereocenters. The zero-order valence-corrected chi connectivity index (χ0v) is 35.9. The number of hydrogen-bond donors (Lipinski definition) is 0. The van der Waals surface area contributed by atoms with E-state index in [-0.39, 0.29) is 0 Å². The quantitative estimate of drug-likeness (QED) is 0.160. The van der Waals surface area contributed by atoms with Crippen molar-refractivity contribution in [3.63, 3.8) is 0 Å². The minimum atomic E-state index is 0.694. The largest absolute Gasteiger partial charge is 0.309 e. The number of nitrogens with zero attached hydrogens (tertiary/aromatic N) is 4. The highest BCUT2D eigenvalue weighted by atomic mass is 15.0. The molecule has 0 spiro atoms. The zero-order valence-electron chi connectivity index (χ0n) is 35.9. The molecule has 0 N–H and O–H groups in total. The van der Waals surface area contributed by atoms with E-state index >= 15 is 0 Å². The summed E-state index contributed by atoms with van der Waals surface area (Å²) in [7, 11) is 0. The Morgan fingerprint density at radius 3 is 1.23 bits per heavy atom. The van der Waals surface area contributed by atoms with Crippen molar-refractivity contribution in [2.24, 2.45) is 0 Å². The van der Waals surface area contributed by atoms with Crippen LogP contribution >= 0.6 is 0 Å². The molecule has 0 aliphatic carbocycles. The first-order valence-electron chi connectivity index (χ1n) is 22.5. The molecule has 10 aromatic carbocycles. The number of rotatable bonds is 7. The van der Waals surface area contributed by atoms with E-state index in [0.717, 1.165) is 61.6 Å². The van der Waals surface area contributed by atoms with Gasteiger partial charge in [0.1, 0.15) is 0 Å². The summed E-state index contributed by atoms with van der Waals surface area (Å²) in [6, 6.07) is 87.0. The lowest BCUT2D eigenvalue weighted by atomic mass is 9.98. The van der Waals surface area contributed by atoms with Crippen molar-refractivity contribution in [2.45, 2.75) is 0 Å². The second-order valence-electron chi connectivity index (χ2n) is 17.0. The lowest BCUT2D eigenvalue weighted by molar-refractivity contribution is 1.16. The molecule has 0 aliphatic rings. The van der Waals surface area contributed by atoms with Gasteiger partial charge < -0.3 is 9.13 Å². The summed E-state index contributed by atoms with van der Waals surface area (Å²) in [5.74, 6) is 0.694. The Morgan fingerprint density at radius 2 is 0.682 bits per heavy atom. The molecule has 3 heterocycles. The van der Waals surface area contributed by atoms with E-state index in [0.29, 0.717) is 5.82 Å². The van der Waals surface area contributed by atoms with Crippen molar-refractivity contribution in [1.29, 1.82) is 0 Å². The first-order valence-corrected chi connectivity index (χ1v) is 22.5. The van der Waals surface area contributed by atoms with Gasteiger partial charge in [-0.1, -0.05) is 176 Å². The highest BCUT2D eigenvalue weighted by Gasteiger charge is 2.18. The molecule has 66 heavy (non-hydrogen) atoms. The van der Waals surface area contributed by atoms with Crippen molar-refractivity contribution in [1.82, 2.24) is 19.1 Å². The minimum absolute atomic E-state index is 0.694. The van der Waals surface area contributed by atoms with Gasteiger partial charge in [-0.3, -0.25) is 0 Å². The third-order valence-electron chi connectivity index (χ3n) is 13.2. The van der Waals surface area contributed by atoms with Gasteiger partial charge in [-0.05, 0) is 99.8 Å². The lowest BCUT2D eigenvalue weighted by Gasteiger charge is -2.12. The molecule has 0 radical (unpaired) electrons. The smallest absolute Gasteiger partial charge is 0.160 e. The van der Waals surface area contributed by atoms with Gasteiger partial charge in [-0.25, -0.2) is 9.97 Å². The van der Waals surface area contributed by atoms with Crippen LogP contribution in [0.25, 0.3) is 122 Å². The van der Waals surface area contributed by atoms with Gasteiger partial charge in [-0.15, -0.1) is 0 Å². The van der Waals surface area contributed by atoms with Crippen LogP contribution in [0.3, 0.4) is 0 Å². The Morgan fingerprint density at radius 1 is 0.258 bits per heavy atom. The van der Waals surface area contributed by atoms with Gasteiger partial charge in [0.25, 0.3) is 0 Å². The van der Waals surface area contributed by atoms with Crippen LogP contribution in [0.15, 0.2) is 243 Å². The number of aromatic nitrogens is 4. The third-order valence-corrected chi connectivity index (χ3v) is 13.2. The fourth-order valence-electron chi connectivity index (χ4n) is 9.97.